The fourth-order valence-corrected chi connectivity index (χ4v) is 7.08. The van der Waals surface area contributed by atoms with E-state index in [2.05, 4.69) is 20.8 Å². The lowest BCUT2D eigenvalue weighted by Gasteiger charge is -2.36. The number of hydrogen-bond donors (Lipinski definition) is 0. The van der Waals surface area contributed by atoms with Crippen LogP contribution < -0.4 is 9.80 Å². The summed E-state index contributed by atoms with van der Waals surface area (Å²) in [7, 11) is -3.77. The van der Waals surface area contributed by atoms with E-state index in [9.17, 15) is 13.2 Å². The van der Waals surface area contributed by atoms with Gasteiger partial charge in [-0.05, 0) is 55.7 Å². The standard InChI is InChI=1S/C22H25BrClN3O3S/c1-14-4-5-19(24)13-20(14)25-6-8-26(9-7-25)31(29,30)21-12-18(23)11-17-10-15(2)27(16(3)28)22(17)21/h4-5,11-13,15H,6-10H2,1-3H3/t15-/m1/s1. The molecule has 0 spiro atoms. The number of fused-ring (bicyclic) bond motifs is 1. The zero-order chi connectivity index (χ0) is 22.5. The molecule has 4 rings (SSSR count). The lowest BCUT2D eigenvalue weighted by molar-refractivity contribution is -0.116. The predicted molar refractivity (Wildman–Crippen MR) is 128 cm³/mol. The van der Waals surface area contributed by atoms with Crippen molar-refractivity contribution in [1.29, 1.82) is 0 Å². The largest absolute Gasteiger partial charge is 0.369 e. The molecule has 1 fully saturated rings. The van der Waals surface area contributed by atoms with Crippen LogP contribution in [0.4, 0.5) is 11.4 Å². The molecule has 0 aliphatic carbocycles. The molecule has 1 amide bonds. The highest BCUT2D eigenvalue weighted by molar-refractivity contribution is 9.10. The van der Waals surface area contributed by atoms with Crippen molar-refractivity contribution in [3.8, 4) is 0 Å². The Kier molecular flexibility index (Phi) is 6.11. The summed E-state index contributed by atoms with van der Waals surface area (Å²) >= 11 is 9.62. The number of benzene rings is 2. The van der Waals surface area contributed by atoms with Crippen LogP contribution in [0.2, 0.25) is 5.02 Å². The van der Waals surface area contributed by atoms with Gasteiger partial charge in [0.25, 0.3) is 0 Å². The SMILES string of the molecule is CC(=O)N1c2c(cc(Br)cc2S(=O)(=O)N2CCN(c3cc(Cl)ccc3C)CC2)C[C@H]1C. The molecular weight excluding hydrogens is 502 g/mol. The zero-order valence-electron chi connectivity index (χ0n) is 17.7. The summed E-state index contributed by atoms with van der Waals surface area (Å²) in [6, 6.07) is 9.22. The Morgan fingerprint density at radius 3 is 2.45 bits per heavy atom. The highest BCUT2D eigenvalue weighted by atomic mass is 79.9. The second-order valence-corrected chi connectivity index (χ2v) is 11.4. The molecule has 2 aromatic rings. The Bertz CT molecular complexity index is 1150. The van der Waals surface area contributed by atoms with Gasteiger partial charge in [-0.25, -0.2) is 8.42 Å². The van der Waals surface area contributed by atoms with Gasteiger partial charge in [0.15, 0.2) is 0 Å². The number of halogens is 2. The molecule has 0 bridgehead atoms. The summed E-state index contributed by atoms with van der Waals surface area (Å²) < 4.78 is 29.6. The van der Waals surface area contributed by atoms with Crippen LogP contribution in [0.25, 0.3) is 0 Å². The fourth-order valence-electron chi connectivity index (χ4n) is 4.58. The van der Waals surface area contributed by atoms with Crippen LogP contribution in [0.1, 0.15) is 25.0 Å². The molecular formula is C22H25BrClN3O3S. The summed E-state index contributed by atoms with van der Waals surface area (Å²) in [5, 5.41) is 0.666. The van der Waals surface area contributed by atoms with E-state index < -0.39 is 10.0 Å². The number of sulfonamides is 1. The first kappa shape index (κ1) is 22.6. The minimum absolute atomic E-state index is 0.0709. The molecule has 2 aromatic carbocycles. The van der Waals surface area contributed by atoms with E-state index in [0.29, 0.717) is 47.8 Å². The Labute approximate surface area is 196 Å². The van der Waals surface area contributed by atoms with Gasteiger partial charge in [0.1, 0.15) is 4.90 Å². The smallest absolute Gasteiger partial charge is 0.245 e. The predicted octanol–water partition coefficient (Wildman–Crippen LogP) is 4.22. The first-order chi connectivity index (χ1) is 14.6. The summed E-state index contributed by atoms with van der Waals surface area (Å²) in [5.74, 6) is -0.147. The summed E-state index contributed by atoms with van der Waals surface area (Å²) in [5.41, 5.74) is 3.54. The van der Waals surface area contributed by atoms with E-state index in [4.69, 9.17) is 11.6 Å². The molecule has 0 N–H and O–H groups in total. The number of amides is 1. The van der Waals surface area contributed by atoms with Gasteiger partial charge in [0.05, 0.1) is 5.69 Å². The Morgan fingerprint density at radius 1 is 1.13 bits per heavy atom. The molecule has 9 heteroatoms. The number of hydrogen-bond acceptors (Lipinski definition) is 4. The van der Waals surface area contributed by atoms with Crippen LogP contribution in [-0.4, -0.2) is 50.9 Å². The second-order valence-electron chi connectivity index (χ2n) is 8.18. The maximum Gasteiger partial charge on any atom is 0.245 e. The van der Waals surface area contributed by atoms with E-state index in [-0.39, 0.29) is 16.8 Å². The topological polar surface area (TPSA) is 60.9 Å². The van der Waals surface area contributed by atoms with Gasteiger partial charge in [0.2, 0.25) is 15.9 Å². The third-order valence-electron chi connectivity index (χ3n) is 6.02. The van der Waals surface area contributed by atoms with Crippen LogP contribution in [-0.2, 0) is 21.2 Å². The molecule has 2 aliphatic rings. The molecule has 0 radical (unpaired) electrons. The Hall–Kier alpha value is -1.61. The highest BCUT2D eigenvalue weighted by Crippen LogP contribution is 2.41. The van der Waals surface area contributed by atoms with E-state index in [1.807, 2.05) is 38.1 Å². The van der Waals surface area contributed by atoms with Crippen LogP contribution in [0, 0.1) is 6.92 Å². The molecule has 0 unspecified atom stereocenters. The molecule has 0 saturated carbocycles. The third kappa shape index (κ3) is 4.11. The second kappa shape index (κ2) is 8.39. The number of piperazine rings is 1. The van der Waals surface area contributed by atoms with Gasteiger partial charge in [-0.1, -0.05) is 33.6 Å². The molecule has 166 valence electrons. The molecule has 1 atom stereocenters. The lowest BCUT2D eigenvalue weighted by atomic mass is 10.1. The number of carbonyl (C=O) groups excluding carboxylic acids is 1. The van der Waals surface area contributed by atoms with Crippen LogP contribution in [0.3, 0.4) is 0 Å². The normalized spacial score (nSPS) is 19.6. The fraction of sp³-hybridized carbons (Fsp3) is 0.409. The van der Waals surface area contributed by atoms with Crippen LogP contribution in [0.15, 0.2) is 39.7 Å². The van der Waals surface area contributed by atoms with Crippen molar-refractivity contribution in [2.24, 2.45) is 0 Å². The van der Waals surface area contributed by atoms with Gasteiger partial charge in [-0.3, -0.25) is 4.79 Å². The van der Waals surface area contributed by atoms with Gasteiger partial charge >= 0.3 is 0 Å². The monoisotopic (exact) mass is 525 g/mol. The first-order valence-electron chi connectivity index (χ1n) is 10.2. The molecule has 0 aromatic heterocycles. The van der Waals surface area contributed by atoms with Crippen molar-refractivity contribution >= 4 is 54.8 Å². The lowest BCUT2D eigenvalue weighted by Crippen LogP contribution is -2.49. The van der Waals surface area contributed by atoms with Gasteiger partial charge in [-0.2, -0.15) is 4.31 Å². The number of carbonyl (C=O) groups is 1. The van der Waals surface area contributed by atoms with Crippen molar-refractivity contribution in [3.05, 3.63) is 51.0 Å². The summed E-state index contributed by atoms with van der Waals surface area (Å²) in [6.07, 6.45) is 0.638. The van der Waals surface area contributed by atoms with Crippen molar-refractivity contribution < 1.29 is 13.2 Å². The van der Waals surface area contributed by atoms with E-state index >= 15 is 0 Å². The minimum Gasteiger partial charge on any atom is -0.369 e. The van der Waals surface area contributed by atoms with E-state index in [1.54, 1.807) is 11.0 Å². The highest BCUT2D eigenvalue weighted by Gasteiger charge is 2.38. The molecule has 2 aliphatic heterocycles. The van der Waals surface area contributed by atoms with Crippen molar-refractivity contribution in [3.63, 3.8) is 0 Å². The van der Waals surface area contributed by atoms with Gasteiger partial charge in [-0.15, -0.1) is 0 Å². The molecule has 2 heterocycles. The van der Waals surface area contributed by atoms with Crippen molar-refractivity contribution in [2.75, 3.05) is 36.0 Å². The summed E-state index contributed by atoms with van der Waals surface area (Å²) in [6.45, 7) is 7.33. The number of anilines is 2. The maximum atomic E-state index is 13.7. The van der Waals surface area contributed by atoms with Crippen molar-refractivity contribution in [2.45, 2.75) is 38.1 Å². The van der Waals surface area contributed by atoms with Crippen molar-refractivity contribution in [1.82, 2.24) is 4.31 Å². The Morgan fingerprint density at radius 2 is 1.81 bits per heavy atom. The average Bonchev–Trinajstić information content (AvgIpc) is 3.04. The summed E-state index contributed by atoms with van der Waals surface area (Å²) in [4.78, 5) is 16.3. The van der Waals surface area contributed by atoms with E-state index in [1.165, 1.54) is 11.2 Å². The van der Waals surface area contributed by atoms with Crippen LogP contribution >= 0.6 is 27.5 Å². The van der Waals surface area contributed by atoms with Crippen LogP contribution in [0.5, 0.6) is 0 Å². The first-order valence-corrected chi connectivity index (χ1v) is 12.8. The Balaban J connectivity index is 1.64. The molecule has 6 nitrogen and oxygen atoms in total. The van der Waals surface area contributed by atoms with Gasteiger partial charge in [0, 0.05) is 54.3 Å². The number of rotatable bonds is 3. The quantitative estimate of drug-likeness (QED) is 0.601. The maximum absolute atomic E-state index is 13.7. The molecule has 31 heavy (non-hydrogen) atoms. The number of nitrogens with zero attached hydrogens (tertiary/aromatic N) is 3. The number of aryl methyl sites for hydroxylation is 1. The minimum atomic E-state index is -3.77. The molecule has 1 saturated heterocycles. The van der Waals surface area contributed by atoms with Gasteiger partial charge < -0.3 is 9.80 Å². The third-order valence-corrected chi connectivity index (χ3v) is 8.63. The zero-order valence-corrected chi connectivity index (χ0v) is 20.9. The van der Waals surface area contributed by atoms with E-state index in [0.717, 1.165) is 16.8 Å². The average molecular weight is 527 g/mol.